The van der Waals surface area contributed by atoms with Crippen LogP contribution in [0.25, 0.3) is 0 Å². The van der Waals surface area contributed by atoms with Crippen LogP contribution in [0.4, 0.5) is 0 Å². The van der Waals surface area contributed by atoms with Crippen molar-refractivity contribution >= 4 is 11.8 Å². The zero-order chi connectivity index (χ0) is 8.15. The van der Waals surface area contributed by atoms with Crippen molar-refractivity contribution in [2.75, 3.05) is 7.05 Å². The molecule has 0 fully saturated rings. The molecule has 0 saturated heterocycles. The Morgan fingerprint density at radius 1 is 1.55 bits per heavy atom. The van der Waals surface area contributed by atoms with Crippen molar-refractivity contribution in [2.45, 2.75) is 19.4 Å². The van der Waals surface area contributed by atoms with Gasteiger partial charge in [0, 0.05) is 12.4 Å². The summed E-state index contributed by atoms with van der Waals surface area (Å²) in [7, 11) is 1.54. The summed E-state index contributed by atoms with van der Waals surface area (Å²) >= 11 is 0. The van der Waals surface area contributed by atoms with Crippen molar-refractivity contribution in [3.63, 3.8) is 0 Å². The Morgan fingerprint density at radius 2 is 2.00 bits per heavy atom. The van der Waals surface area contributed by atoms with Crippen LogP contribution >= 0.6 is 0 Å². The predicted molar refractivity (Wildman–Crippen MR) is 33.2 cm³/mol. The second-order valence-corrected chi connectivity index (χ2v) is 2.03. The molecule has 1 atom stereocenters. The number of hydrogen-bond acceptors (Lipinski definition) is 4. The number of carbonyl (C=O) groups excluding carboxylic acids is 2. The second kappa shape index (κ2) is 7.39. The average Bonchev–Trinajstić information content (AvgIpc) is 1.81. The molecule has 0 rings (SSSR count). The van der Waals surface area contributed by atoms with Gasteiger partial charge in [0.2, 0.25) is 0 Å². The van der Waals surface area contributed by atoms with Crippen LogP contribution in [-0.2, 0) is 9.59 Å². The fourth-order valence-electron chi connectivity index (χ4n) is 0.616. The number of hydrogen-bond donors (Lipinski definition) is 1. The van der Waals surface area contributed by atoms with Crippen LogP contribution in [0, 0.1) is 0 Å². The summed E-state index contributed by atoms with van der Waals surface area (Å²) in [6.07, 6.45) is -0.258. The molecule has 58 valence electrons. The zero-order valence-electron chi connectivity index (χ0n) is 7.01. The van der Waals surface area contributed by atoms with Gasteiger partial charge in [-0.15, -0.1) is 0 Å². The van der Waals surface area contributed by atoms with E-state index in [2.05, 4.69) is 5.32 Å². The third kappa shape index (κ3) is 7.11. The van der Waals surface area contributed by atoms with Crippen molar-refractivity contribution < 1.29 is 66.1 Å². The summed E-state index contributed by atoms with van der Waals surface area (Å²) in [4.78, 5) is 20.5. The Kier molecular flexibility index (Phi) is 9.59. The van der Waals surface area contributed by atoms with Crippen molar-refractivity contribution in [1.29, 1.82) is 0 Å². The van der Waals surface area contributed by atoms with Crippen molar-refractivity contribution in [1.82, 2.24) is 5.32 Å². The number of Topliss-reactive ketones (excluding diaryl/α,β-unsaturated/α-hetero) is 1. The summed E-state index contributed by atoms with van der Waals surface area (Å²) < 4.78 is 0. The largest absolute Gasteiger partial charge is 1.00 e. The molecule has 1 N–H and O–H groups in total. The first kappa shape index (κ1) is 14.3. The number of likely N-dealkylation sites (N-methyl/N-ethyl adjacent to an activating group) is 1. The van der Waals surface area contributed by atoms with Gasteiger partial charge in [-0.05, 0) is 14.0 Å². The van der Waals surface area contributed by atoms with Gasteiger partial charge in [0.15, 0.2) is 0 Å². The molecule has 0 aliphatic rings. The Bertz CT molecular complexity index is 149. The maximum absolute atomic E-state index is 10.6. The van der Waals surface area contributed by atoms with E-state index >= 15 is 0 Å². The fraction of sp³-hybridized carbons (Fsp3) is 0.667. The summed E-state index contributed by atoms with van der Waals surface area (Å²) in [5, 5.41) is 12.5. The number of nitrogens with one attached hydrogen (secondary N) is 1. The number of ketones is 1. The van der Waals surface area contributed by atoms with Gasteiger partial charge in [-0.3, -0.25) is 4.79 Å². The van der Waals surface area contributed by atoms with E-state index in [-0.39, 0.29) is 63.6 Å². The minimum Gasteiger partial charge on any atom is -0.550 e. The van der Waals surface area contributed by atoms with Crippen LogP contribution in [0.3, 0.4) is 0 Å². The summed E-state index contributed by atoms with van der Waals surface area (Å²) in [6, 6.07) is -0.606. The molecule has 0 aliphatic heterocycles. The van der Waals surface area contributed by atoms with Crippen molar-refractivity contribution in [3.8, 4) is 0 Å². The Labute approximate surface area is 108 Å². The van der Waals surface area contributed by atoms with Crippen molar-refractivity contribution in [3.05, 3.63) is 0 Å². The second-order valence-electron chi connectivity index (χ2n) is 2.03. The molecule has 4 nitrogen and oxygen atoms in total. The molecule has 0 spiro atoms. The molecule has 1 unspecified atom stereocenters. The molecule has 0 bridgehead atoms. The van der Waals surface area contributed by atoms with E-state index in [1.165, 1.54) is 14.0 Å². The molecule has 0 saturated carbocycles. The van der Waals surface area contributed by atoms with Crippen LogP contribution in [0.5, 0.6) is 0 Å². The van der Waals surface area contributed by atoms with E-state index in [0.717, 1.165) is 0 Å². The molecule has 0 amide bonds. The van der Waals surface area contributed by atoms with Gasteiger partial charge < -0.3 is 15.2 Å². The number of rotatable bonds is 4. The molecule has 0 aliphatic carbocycles. The van der Waals surface area contributed by atoms with Gasteiger partial charge in [0.1, 0.15) is 5.78 Å². The molecule has 11 heavy (non-hydrogen) atoms. The van der Waals surface area contributed by atoms with E-state index < -0.39 is 12.0 Å². The smallest absolute Gasteiger partial charge is 0.550 e. The topological polar surface area (TPSA) is 69.2 Å². The van der Waals surface area contributed by atoms with Crippen LogP contribution in [0.15, 0.2) is 0 Å². The van der Waals surface area contributed by atoms with E-state index in [9.17, 15) is 14.7 Å². The van der Waals surface area contributed by atoms with Crippen LogP contribution < -0.4 is 61.8 Å². The summed E-state index contributed by atoms with van der Waals surface area (Å²) in [5.41, 5.74) is 0. The maximum atomic E-state index is 10.6. The predicted octanol–water partition coefficient (Wildman–Crippen LogP) is -4.69. The number of aliphatic carboxylic acids is 1. The fourth-order valence-corrected chi connectivity index (χ4v) is 0.616. The van der Waals surface area contributed by atoms with E-state index in [1.54, 1.807) is 0 Å². The molecule has 0 heterocycles. The van der Waals surface area contributed by atoms with Gasteiger partial charge in [0.25, 0.3) is 0 Å². The van der Waals surface area contributed by atoms with E-state index in [0.29, 0.717) is 0 Å². The third-order valence-corrected chi connectivity index (χ3v) is 1.21. The van der Waals surface area contributed by atoms with Crippen molar-refractivity contribution in [2.24, 2.45) is 0 Å². The summed E-state index contributed by atoms with van der Waals surface area (Å²) in [6.45, 7) is 1.34. The van der Waals surface area contributed by atoms with E-state index in [4.69, 9.17) is 0 Å². The molecular formula is C6H10KNO3. The third-order valence-electron chi connectivity index (χ3n) is 1.21. The Balaban J connectivity index is 0. The monoisotopic (exact) mass is 183 g/mol. The molecule has 0 aromatic heterocycles. The Hall–Kier alpha value is 0.736. The molecule has 0 radical (unpaired) electrons. The molecular weight excluding hydrogens is 173 g/mol. The van der Waals surface area contributed by atoms with Gasteiger partial charge in [-0.1, -0.05) is 0 Å². The van der Waals surface area contributed by atoms with Gasteiger partial charge in [-0.25, -0.2) is 0 Å². The first-order chi connectivity index (χ1) is 4.57. The SMILES string of the molecule is CNC(CC(=O)[O-])C(C)=O.[K+]. The molecule has 0 aromatic carbocycles. The molecule has 0 aromatic rings. The number of carbonyl (C=O) groups is 2. The van der Waals surface area contributed by atoms with Gasteiger partial charge in [-0.2, -0.15) is 0 Å². The van der Waals surface area contributed by atoms with E-state index in [1.807, 2.05) is 0 Å². The summed E-state index contributed by atoms with van der Waals surface area (Å²) in [5.74, 6) is -1.40. The normalized spacial score (nSPS) is 11.5. The van der Waals surface area contributed by atoms with Crippen LogP contribution in [0.1, 0.15) is 13.3 Å². The van der Waals surface area contributed by atoms with Crippen LogP contribution in [-0.4, -0.2) is 24.8 Å². The van der Waals surface area contributed by atoms with Gasteiger partial charge in [0.05, 0.1) is 6.04 Å². The van der Waals surface area contributed by atoms with Gasteiger partial charge >= 0.3 is 51.4 Å². The minimum atomic E-state index is -1.21. The minimum absolute atomic E-state index is 0. The first-order valence-corrected chi connectivity index (χ1v) is 2.95. The first-order valence-electron chi connectivity index (χ1n) is 2.95. The zero-order valence-corrected chi connectivity index (χ0v) is 10.1. The maximum Gasteiger partial charge on any atom is 1.00 e. The number of carboxylic acid groups (broad SMARTS) is 1. The molecule has 5 heteroatoms. The average molecular weight is 183 g/mol. The quantitative estimate of drug-likeness (QED) is 0.445. The standard InChI is InChI=1S/C6H11NO3.K/c1-4(8)5(7-2)3-6(9)10;/h5,7H,3H2,1-2H3,(H,9,10);/q;+1/p-1. The Morgan fingerprint density at radius 3 is 2.09 bits per heavy atom. The van der Waals surface area contributed by atoms with Crippen LogP contribution in [0.2, 0.25) is 0 Å². The number of carboxylic acids is 1.